The van der Waals surface area contributed by atoms with Gasteiger partial charge in [-0.3, -0.25) is 0 Å². The molecule has 0 saturated heterocycles. The fraction of sp³-hybridized carbons (Fsp3) is 0.300. The van der Waals surface area contributed by atoms with Crippen molar-refractivity contribution in [3.63, 3.8) is 0 Å². The van der Waals surface area contributed by atoms with Crippen LogP contribution >= 0.6 is 23.1 Å². The summed E-state index contributed by atoms with van der Waals surface area (Å²) < 4.78 is 3.59. The number of thioether (sulfide) groups is 1. The summed E-state index contributed by atoms with van der Waals surface area (Å²) in [7, 11) is 0. The Balaban J connectivity index is 1.91. The van der Waals surface area contributed by atoms with Gasteiger partial charge in [-0.05, 0) is 67.6 Å². The van der Waals surface area contributed by atoms with Crippen LogP contribution in [0.4, 0.5) is 0 Å². The van der Waals surface area contributed by atoms with Crippen LogP contribution in [-0.4, -0.2) is 16.3 Å². The van der Waals surface area contributed by atoms with E-state index in [1.807, 2.05) is 35.4 Å². The van der Waals surface area contributed by atoms with Crippen LogP contribution in [0.5, 0.6) is 0 Å². The fourth-order valence-corrected chi connectivity index (χ4v) is 6.19. The number of aliphatic carboxylic acids is 1. The number of carboxylic acids is 1. The number of carbonyl (C=O) groups excluding carboxylic acids is 1. The minimum absolute atomic E-state index is 0.0560. The molecule has 0 unspecified atom stereocenters. The maximum atomic E-state index is 13.7. The third kappa shape index (κ3) is 3.00. The molecular formula is C20H19N4O3S2+. The molecule has 7 nitrogen and oxygen atoms in total. The summed E-state index contributed by atoms with van der Waals surface area (Å²) in [6.07, 6.45) is 4.10. The number of hydrogen-bond donors (Lipinski definition) is 1. The van der Waals surface area contributed by atoms with E-state index in [1.165, 1.54) is 16.6 Å². The van der Waals surface area contributed by atoms with Gasteiger partial charge in [-0.2, -0.15) is 4.57 Å². The Labute approximate surface area is 174 Å². The Hall–Kier alpha value is -2.49. The molecule has 0 amide bonds. The Morgan fingerprint density at radius 1 is 1.38 bits per heavy atom. The van der Waals surface area contributed by atoms with Crippen molar-refractivity contribution in [2.45, 2.75) is 32.6 Å². The predicted octanol–water partition coefficient (Wildman–Crippen LogP) is -0.583. The first-order chi connectivity index (χ1) is 14.0. The van der Waals surface area contributed by atoms with Crippen LogP contribution < -0.4 is 26.0 Å². The molecule has 148 valence electrons. The summed E-state index contributed by atoms with van der Waals surface area (Å²) in [6, 6.07) is 7.79. The van der Waals surface area contributed by atoms with Gasteiger partial charge in [0, 0.05) is 10.6 Å². The van der Waals surface area contributed by atoms with E-state index in [0.717, 1.165) is 52.7 Å². The summed E-state index contributed by atoms with van der Waals surface area (Å²) >= 11 is 2.80. The summed E-state index contributed by atoms with van der Waals surface area (Å²) in [5.74, 6) is -1.29. The number of hydrogen-bond acceptors (Lipinski definition) is 6. The third-order valence-electron chi connectivity index (χ3n) is 5.28. The van der Waals surface area contributed by atoms with E-state index in [9.17, 15) is 14.7 Å². The maximum absolute atomic E-state index is 13.7. The number of aryl methyl sites for hydroxylation is 3. The van der Waals surface area contributed by atoms with Crippen molar-refractivity contribution >= 4 is 39.3 Å². The number of rotatable bonds is 4. The number of nitrogens with zero attached hydrogens (tertiary/aromatic N) is 3. The van der Waals surface area contributed by atoms with Gasteiger partial charge in [-0.25, -0.2) is 4.79 Å². The molecule has 5 rings (SSSR count). The number of carboxylic acid groups (broad SMARTS) is 1. The molecule has 0 saturated carbocycles. The fourth-order valence-electron chi connectivity index (χ4n) is 4.04. The topological polar surface area (TPSA) is 97.0 Å². The average molecular weight is 428 g/mol. The molecular weight excluding hydrogens is 408 g/mol. The van der Waals surface area contributed by atoms with Gasteiger partial charge in [0.05, 0.1) is 5.97 Å². The van der Waals surface area contributed by atoms with Crippen molar-refractivity contribution in [3.8, 4) is 5.69 Å². The number of fused-ring (bicyclic) bond motifs is 5. The molecule has 1 aliphatic heterocycles. The molecule has 0 bridgehead atoms. The lowest BCUT2D eigenvalue weighted by Crippen LogP contribution is -2.76. The molecule has 2 aromatic heterocycles. The third-order valence-corrected chi connectivity index (χ3v) is 7.52. The summed E-state index contributed by atoms with van der Waals surface area (Å²) in [6.45, 7) is 1.99. The van der Waals surface area contributed by atoms with Gasteiger partial charge >= 0.3 is 16.3 Å². The van der Waals surface area contributed by atoms with Gasteiger partial charge in [0.1, 0.15) is 16.2 Å². The van der Waals surface area contributed by atoms with Gasteiger partial charge in [0.15, 0.2) is 4.83 Å². The molecule has 0 atom stereocenters. The molecule has 9 heteroatoms. The highest BCUT2D eigenvalue weighted by Crippen LogP contribution is 2.32. The van der Waals surface area contributed by atoms with Crippen molar-refractivity contribution in [1.29, 1.82) is 0 Å². The normalized spacial score (nSPS) is 15.3. The number of thiophene rings is 1. The quantitative estimate of drug-likeness (QED) is 0.445. The Morgan fingerprint density at radius 3 is 3.00 bits per heavy atom. The molecule has 2 aliphatic rings. The van der Waals surface area contributed by atoms with Crippen LogP contribution in [-0.2, 0) is 17.6 Å². The van der Waals surface area contributed by atoms with Gasteiger partial charge < -0.3 is 9.90 Å². The van der Waals surface area contributed by atoms with Gasteiger partial charge in [0.2, 0.25) is 0 Å². The lowest BCUT2D eigenvalue weighted by molar-refractivity contribution is -0.680. The van der Waals surface area contributed by atoms with Crippen molar-refractivity contribution in [1.82, 2.24) is 4.57 Å². The van der Waals surface area contributed by atoms with Crippen molar-refractivity contribution in [3.05, 3.63) is 61.4 Å². The minimum atomic E-state index is -1.13. The SMILES string of the molecule is Cc1cccc(-n2c(=O)c3c4c(sc3[n+]3c2=N[NH2+]C=3SCC(=O)[O-])CCCC4)c1. The van der Waals surface area contributed by atoms with Gasteiger partial charge in [-0.1, -0.05) is 17.6 Å². The highest BCUT2D eigenvalue weighted by atomic mass is 32.2. The van der Waals surface area contributed by atoms with Crippen molar-refractivity contribution in [2.24, 2.45) is 5.10 Å². The number of carbonyl (C=O) groups is 1. The molecule has 2 N–H and O–H groups in total. The lowest BCUT2D eigenvalue weighted by Gasteiger charge is -2.09. The summed E-state index contributed by atoms with van der Waals surface area (Å²) in [4.78, 5) is 26.8. The Morgan fingerprint density at radius 2 is 2.21 bits per heavy atom. The van der Waals surface area contributed by atoms with Crippen molar-refractivity contribution in [2.75, 3.05) is 5.75 Å². The van der Waals surface area contributed by atoms with Gasteiger partial charge in [0.25, 0.3) is 0 Å². The van der Waals surface area contributed by atoms with E-state index in [4.69, 9.17) is 0 Å². The second-order valence-electron chi connectivity index (χ2n) is 7.26. The molecule has 3 aromatic rings. The highest BCUT2D eigenvalue weighted by molar-refractivity contribution is 8.01. The summed E-state index contributed by atoms with van der Waals surface area (Å²) in [5, 5.41) is 17.0. The molecule has 1 aliphatic carbocycles. The average Bonchev–Trinajstić information content (AvgIpc) is 3.28. The van der Waals surface area contributed by atoms with E-state index in [1.54, 1.807) is 21.3 Å². The Kier molecular flexibility index (Phi) is 4.53. The van der Waals surface area contributed by atoms with E-state index in [0.29, 0.717) is 10.8 Å². The molecule has 0 fully saturated rings. The highest BCUT2D eigenvalue weighted by Gasteiger charge is 2.32. The molecule has 29 heavy (non-hydrogen) atoms. The number of aromatic nitrogens is 2. The predicted molar refractivity (Wildman–Crippen MR) is 108 cm³/mol. The first kappa shape index (κ1) is 18.5. The molecule has 1 aromatic carbocycles. The molecule has 0 radical (unpaired) electrons. The standard InChI is InChI=1S/C20H18N4O3S2/c1-11-5-4-6-12(9-11)23-17(27)16-13-7-2-3-8-14(13)29-18(16)24-19(23)21-22-20(24)28-10-15(25)26/h4-6,9H,2-3,7-8,10H2,1H3,(H,25,26)/p+1. The summed E-state index contributed by atoms with van der Waals surface area (Å²) in [5.41, 5.74) is 5.06. The first-order valence-corrected chi connectivity index (χ1v) is 11.3. The number of nitrogens with two attached hydrogens (primary N) is 1. The second-order valence-corrected chi connectivity index (χ2v) is 9.34. The number of quaternary nitrogens is 1. The number of benzene rings is 1. The zero-order chi connectivity index (χ0) is 20.1. The van der Waals surface area contributed by atoms with Crippen LogP contribution in [0.3, 0.4) is 0 Å². The van der Waals surface area contributed by atoms with Crippen LogP contribution in [0.15, 0.2) is 34.2 Å². The van der Waals surface area contributed by atoms with E-state index in [2.05, 4.69) is 5.10 Å². The van der Waals surface area contributed by atoms with Crippen LogP contribution in [0.1, 0.15) is 28.8 Å². The zero-order valence-corrected chi connectivity index (χ0v) is 17.4. The smallest absolute Gasteiger partial charge is 0.471 e. The lowest BCUT2D eigenvalue weighted by atomic mass is 9.97. The maximum Gasteiger partial charge on any atom is 0.471 e. The zero-order valence-electron chi connectivity index (χ0n) is 15.8. The van der Waals surface area contributed by atoms with Gasteiger partial charge in [-0.15, -0.1) is 15.6 Å². The van der Waals surface area contributed by atoms with E-state index >= 15 is 0 Å². The van der Waals surface area contributed by atoms with Crippen LogP contribution in [0, 0.1) is 12.1 Å². The largest absolute Gasteiger partial charge is 0.549 e. The molecule has 3 heterocycles. The van der Waals surface area contributed by atoms with Crippen LogP contribution in [0.2, 0.25) is 0 Å². The van der Waals surface area contributed by atoms with E-state index < -0.39 is 5.97 Å². The minimum Gasteiger partial charge on any atom is -0.549 e. The Bertz CT molecular complexity index is 1360. The van der Waals surface area contributed by atoms with E-state index in [-0.39, 0.29) is 11.3 Å². The second kappa shape index (κ2) is 7.08. The molecule has 0 spiro atoms. The van der Waals surface area contributed by atoms with Crippen molar-refractivity contribution < 1.29 is 19.6 Å². The first-order valence-electron chi connectivity index (χ1n) is 9.51. The van der Waals surface area contributed by atoms with Crippen LogP contribution in [0.25, 0.3) is 15.9 Å². The monoisotopic (exact) mass is 427 g/mol.